The van der Waals surface area contributed by atoms with E-state index in [1.165, 1.54) is 0 Å². The van der Waals surface area contributed by atoms with E-state index in [1.54, 1.807) is 7.11 Å². The summed E-state index contributed by atoms with van der Waals surface area (Å²) in [5.74, 6) is 1.73. The molecule has 3 aromatic rings. The Morgan fingerprint density at radius 3 is 2.55 bits per heavy atom. The van der Waals surface area contributed by atoms with Gasteiger partial charge in [0.1, 0.15) is 16.2 Å². The highest BCUT2D eigenvalue weighted by molar-refractivity contribution is 9.10. The monoisotopic (exact) mass is 331 g/mol. The van der Waals surface area contributed by atoms with Crippen LogP contribution >= 0.6 is 15.9 Å². The van der Waals surface area contributed by atoms with Crippen LogP contribution in [0.5, 0.6) is 5.75 Å². The van der Waals surface area contributed by atoms with Crippen LogP contribution in [0.2, 0.25) is 0 Å². The minimum Gasteiger partial charge on any atom is -0.497 e. The van der Waals surface area contributed by atoms with E-state index in [4.69, 9.17) is 4.74 Å². The largest absolute Gasteiger partial charge is 0.497 e. The van der Waals surface area contributed by atoms with E-state index in [0.717, 1.165) is 32.9 Å². The molecule has 0 unspecified atom stereocenters. The second-order valence-corrected chi connectivity index (χ2v) is 5.13. The first-order valence-corrected chi connectivity index (χ1v) is 7.02. The third-order valence-electron chi connectivity index (χ3n) is 3.23. The van der Waals surface area contributed by atoms with Gasteiger partial charge in [-0.05, 0) is 52.3 Å². The Bertz CT molecular complexity index is 750. The van der Waals surface area contributed by atoms with E-state index in [1.807, 2.05) is 49.6 Å². The van der Waals surface area contributed by atoms with Gasteiger partial charge in [-0.3, -0.25) is 4.40 Å². The quantitative estimate of drug-likeness (QED) is 0.793. The number of rotatable bonds is 3. The molecule has 1 aromatic carbocycles. The molecule has 0 aliphatic carbocycles. The first kappa shape index (κ1) is 13.0. The average molecular weight is 332 g/mol. The van der Waals surface area contributed by atoms with Crippen LogP contribution in [0.4, 0.5) is 5.69 Å². The van der Waals surface area contributed by atoms with E-state index in [9.17, 15) is 0 Å². The molecule has 0 atom stereocenters. The summed E-state index contributed by atoms with van der Waals surface area (Å²) in [7, 11) is 3.57. The number of nitrogens with zero attached hydrogens (tertiary/aromatic N) is 2. The Morgan fingerprint density at radius 1 is 1.15 bits per heavy atom. The number of halogens is 1. The molecule has 0 aliphatic rings. The topological polar surface area (TPSA) is 38.6 Å². The summed E-state index contributed by atoms with van der Waals surface area (Å²) in [5, 5.41) is 3.14. The Balaban J connectivity index is 2.18. The third-order valence-corrected chi connectivity index (χ3v) is 3.81. The maximum absolute atomic E-state index is 5.19. The molecule has 5 heteroatoms. The number of benzene rings is 1. The summed E-state index contributed by atoms with van der Waals surface area (Å²) >= 11 is 3.51. The Kier molecular flexibility index (Phi) is 3.36. The van der Waals surface area contributed by atoms with E-state index in [2.05, 4.69) is 30.6 Å². The van der Waals surface area contributed by atoms with Gasteiger partial charge >= 0.3 is 0 Å². The molecule has 3 rings (SSSR count). The minimum atomic E-state index is 0.838. The van der Waals surface area contributed by atoms with Gasteiger partial charge in [0.05, 0.1) is 18.3 Å². The molecule has 20 heavy (non-hydrogen) atoms. The molecule has 0 aliphatic heterocycles. The van der Waals surface area contributed by atoms with E-state index >= 15 is 0 Å². The molecule has 0 spiro atoms. The van der Waals surface area contributed by atoms with Gasteiger partial charge < -0.3 is 10.1 Å². The number of aromatic nitrogens is 2. The summed E-state index contributed by atoms with van der Waals surface area (Å²) in [6, 6.07) is 12.0. The van der Waals surface area contributed by atoms with Gasteiger partial charge in [0.15, 0.2) is 0 Å². The van der Waals surface area contributed by atoms with Gasteiger partial charge in [-0.25, -0.2) is 4.98 Å². The van der Waals surface area contributed by atoms with Crippen LogP contribution in [-0.2, 0) is 0 Å². The van der Waals surface area contributed by atoms with Gasteiger partial charge in [0.25, 0.3) is 0 Å². The molecule has 2 aromatic heterocycles. The van der Waals surface area contributed by atoms with Crippen LogP contribution in [0.1, 0.15) is 0 Å². The lowest BCUT2D eigenvalue weighted by atomic mass is 10.2. The van der Waals surface area contributed by atoms with Crippen molar-refractivity contribution in [2.45, 2.75) is 0 Å². The summed E-state index contributed by atoms with van der Waals surface area (Å²) in [6.07, 6.45) is 2.03. The number of methoxy groups -OCH3 is 1. The number of hydrogen-bond acceptors (Lipinski definition) is 3. The number of ether oxygens (including phenoxy) is 1. The third kappa shape index (κ3) is 2.14. The summed E-state index contributed by atoms with van der Waals surface area (Å²) < 4.78 is 8.09. The van der Waals surface area contributed by atoms with E-state index in [0.29, 0.717) is 0 Å². The Morgan fingerprint density at radius 2 is 1.90 bits per heavy atom. The lowest BCUT2D eigenvalue weighted by molar-refractivity contribution is 0.415. The summed E-state index contributed by atoms with van der Waals surface area (Å²) in [6.45, 7) is 0. The number of hydrogen-bond donors (Lipinski definition) is 1. The lowest BCUT2D eigenvalue weighted by Crippen LogP contribution is -1.94. The molecule has 0 radical (unpaired) electrons. The Labute approximate surface area is 125 Å². The zero-order valence-corrected chi connectivity index (χ0v) is 12.8. The van der Waals surface area contributed by atoms with E-state index < -0.39 is 0 Å². The highest BCUT2D eigenvalue weighted by atomic mass is 79.9. The number of nitrogens with one attached hydrogen (secondary N) is 1. The zero-order valence-electron chi connectivity index (χ0n) is 11.2. The molecule has 0 saturated carbocycles. The maximum Gasteiger partial charge on any atom is 0.145 e. The molecule has 2 heterocycles. The van der Waals surface area contributed by atoms with Gasteiger partial charge in [-0.15, -0.1) is 0 Å². The van der Waals surface area contributed by atoms with Crippen molar-refractivity contribution in [2.24, 2.45) is 0 Å². The fourth-order valence-electron chi connectivity index (χ4n) is 2.14. The van der Waals surface area contributed by atoms with E-state index in [-0.39, 0.29) is 0 Å². The zero-order chi connectivity index (χ0) is 14.1. The van der Waals surface area contributed by atoms with Crippen LogP contribution in [0.25, 0.3) is 16.9 Å². The molecule has 102 valence electrons. The van der Waals surface area contributed by atoms with Crippen molar-refractivity contribution in [1.29, 1.82) is 0 Å². The second kappa shape index (κ2) is 5.17. The SMILES string of the molecule is CNc1ccc2c(Br)nc(-c3ccc(OC)cc3)n2c1. The first-order valence-electron chi connectivity index (χ1n) is 6.22. The average Bonchev–Trinajstić information content (AvgIpc) is 2.84. The molecule has 0 fully saturated rings. The molecule has 0 saturated heterocycles. The number of pyridine rings is 1. The molecule has 1 N–H and O–H groups in total. The maximum atomic E-state index is 5.19. The highest BCUT2D eigenvalue weighted by Crippen LogP contribution is 2.28. The molecule has 0 amide bonds. The van der Waals surface area contributed by atoms with Crippen LogP contribution in [0, 0.1) is 0 Å². The predicted octanol–water partition coefficient (Wildman–Crippen LogP) is 3.81. The fourth-order valence-corrected chi connectivity index (χ4v) is 2.63. The molecule has 4 nitrogen and oxygen atoms in total. The molecular weight excluding hydrogens is 318 g/mol. The standard InChI is InChI=1S/C15H14BrN3O/c1-17-11-5-8-13-14(16)18-15(19(13)9-11)10-3-6-12(20-2)7-4-10/h3-9,17H,1-2H3. The predicted molar refractivity (Wildman–Crippen MR) is 84.4 cm³/mol. The number of imidazole rings is 1. The molecule has 0 bridgehead atoms. The minimum absolute atomic E-state index is 0.838. The van der Waals surface area contributed by atoms with Crippen molar-refractivity contribution in [1.82, 2.24) is 9.38 Å². The van der Waals surface area contributed by atoms with Gasteiger partial charge in [-0.1, -0.05) is 0 Å². The van der Waals surface area contributed by atoms with Crippen LogP contribution in [-0.4, -0.2) is 23.5 Å². The van der Waals surface area contributed by atoms with Crippen molar-refractivity contribution in [3.8, 4) is 17.1 Å². The van der Waals surface area contributed by atoms with Crippen LogP contribution in [0.15, 0.2) is 47.2 Å². The first-order chi connectivity index (χ1) is 9.72. The fraction of sp³-hybridized carbons (Fsp3) is 0.133. The number of fused-ring (bicyclic) bond motifs is 1. The van der Waals surface area contributed by atoms with Gasteiger partial charge in [-0.2, -0.15) is 0 Å². The van der Waals surface area contributed by atoms with Gasteiger partial charge in [0, 0.05) is 18.8 Å². The van der Waals surface area contributed by atoms with Gasteiger partial charge in [0.2, 0.25) is 0 Å². The van der Waals surface area contributed by atoms with Crippen molar-refractivity contribution >= 4 is 27.1 Å². The lowest BCUT2D eigenvalue weighted by Gasteiger charge is -2.05. The second-order valence-electron chi connectivity index (χ2n) is 4.38. The normalized spacial score (nSPS) is 10.8. The highest BCUT2D eigenvalue weighted by Gasteiger charge is 2.11. The number of anilines is 1. The Hall–Kier alpha value is -2.01. The van der Waals surface area contributed by atoms with Crippen LogP contribution in [0.3, 0.4) is 0 Å². The van der Waals surface area contributed by atoms with Crippen LogP contribution < -0.4 is 10.1 Å². The summed E-state index contributed by atoms with van der Waals surface area (Å²) in [4.78, 5) is 4.60. The van der Waals surface area contributed by atoms with Crippen molar-refractivity contribution in [3.63, 3.8) is 0 Å². The van der Waals surface area contributed by atoms with Crippen molar-refractivity contribution in [2.75, 3.05) is 19.5 Å². The molecular formula is C15H14BrN3O. The van der Waals surface area contributed by atoms with Crippen molar-refractivity contribution in [3.05, 3.63) is 47.2 Å². The van der Waals surface area contributed by atoms with Crippen molar-refractivity contribution < 1.29 is 4.74 Å². The summed E-state index contributed by atoms with van der Waals surface area (Å²) in [5.41, 5.74) is 3.12. The smallest absolute Gasteiger partial charge is 0.145 e.